The Morgan fingerprint density at radius 2 is 1.56 bits per heavy atom. The van der Waals surface area contributed by atoms with Crippen LogP contribution in [0.5, 0.6) is 0 Å². The number of Topliss-reactive ketones (excluding diaryl/α,β-unsaturated/α-hetero) is 1. The number of aliphatic imine (C=N–C) groups is 1. The Kier molecular flexibility index (Phi) is 6.56. The van der Waals surface area contributed by atoms with E-state index in [-0.39, 0.29) is 17.9 Å². The summed E-state index contributed by atoms with van der Waals surface area (Å²) in [6.45, 7) is 12.8. The number of piperidine rings is 1. The number of ketones is 1. The second-order valence-electron chi connectivity index (χ2n) is 8.09. The molecule has 0 N–H and O–H groups in total. The van der Waals surface area contributed by atoms with Crippen molar-refractivity contribution in [2.45, 2.75) is 84.7 Å². The van der Waals surface area contributed by atoms with Gasteiger partial charge in [-0.2, -0.15) is 0 Å². The monoisotopic (exact) mass is 342 g/mol. The van der Waals surface area contributed by atoms with E-state index < -0.39 is 0 Å². The average molecular weight is 343 g/mol. The van der Waals surface area contributed by atoms with Crippen LogP contribution in [-0.4, -0.2) is 35.5 Å². The zero-order valence-corrected chi connectivity index (χ0v) is 17.0. The smallest absolute Gasteiger partial charge is 0.146 e. The molecule has 2 atom stereocenters. The normalized spacial score (nSPS) is 22.7. The van der Waals surface area contributed by atoms with Crippen molar-refractivity contribution in [2.75, 3.05) is 7.05 Å². The summed E-state index contributed by atoms with van der Waals surface area (Å²) < 4.78 is 0. The first-order valence-electron chi connectivity index (χ1n) is 9.64. The minimum atomic E-state index is 0.0359. The van der Waals surface area contributed by atoms with Gasteiger partial charge in [-0.05, 0) is 63.1 Å². The van der Waals surface area contributed by atoms with Crippen molar-refractivity contribution in [3.63, 3.8) is 0 Å². The second-order valence-corrected chi connectivity index (χ2v) is 8.09. The second kappa shape index (κ2) is 8.27. The molecule has 0 amide bonds. The molecule has 1 aromatic carbocycles. The number of para-hydroxylation sites is 1. The van der Waals surface area contributed by atoms with E-state index >= 15 is 0 Å². The van der Waals surface area contributed by atoms with Crippen molar-refractivity contribution in [1.82, 2.24) is 4.90 Å². The van der Waals surface area contributed by atoms with E-state index in [2.05, 4.69) is 64.8 Å². The Hall–Kier alpha value is -1.48. The molecule has 0 bridgehead atoms. The van der Waals surface area contributed by atoms with Crippen LogP contribution in [0.2, 0.25) is 0 Å². The SMILES string of the molecule is CC(=O)C1CCCC(C(C)=Nc2c(C(C)C)cccc2C(C)C)N1C. The van der Waals surface area contributed by atoms with Crippen molar-refractivity contribution in [3.8, 4) is 0 Å². The minimum Gasteiger partial charge on any atom is -0.298 e. The first kappa shape index (κ1) is 19.8. The van der Waals surface area contributed by atoms with Gasteiger partial charge < -0.3 is 0 Å². The van der Waals surface area contributed by atoms with E-state index in [0.717, 1.165) is 30.7 Å². The lowest BCUT2D eigenvalue weighted by Gasteiger charge is -2.38. The van der Waals surface area contributed by atoms with E-state index in [9.17, 15) is 4.79 Å². The quantitative estimate of drug-likeness (QED) is 0.665. The predicted molar refractivity (Wildman–Crippen MR) is 107 cm³/mol. The van der Waals surface area contributed by atoms with Gasteiger partial charge in [-0.25, -0.2) is 0 Å². The molecule has 1 aromatic rings. The first-order valence-corrected chi connectivity index (χ1v) is 9.64. The summed E-state index contributed by atoms with van der Waals surface area (Å²) in [5.74, 6) is 1.16. The molecular formula is C22H34N2O. The van der Waals surface area contributed by atoms with E-state index in [4.69, 9.17) is 4.99 Å². The van der Waals surface area contributed by atoms with Crippen LogP contribution in [-0.2, 0) is 4.79 Å². The van der Waals surface area contributed by atoms with Crippen LogP contribution >= 0.6 is 0 Å². The number of benzene rings is 1. The van der Waals surface area contributed by atoms with Crippen LogP contribution in [0.4, 0.5) is 5.69 Å². The Labute approximate surface area is 153 Å². The highest BCUT2D eigenvalue weighted by Gasteiger charge is 2.32. The molecule has 1 aliphatic heterocycles. The Bertz CT molecular complexity index is 619. The van der Waals surface area contributed by atoms with Crippen molar-refractivity contribution in [2.24, 2.45) is 4.99 Å². The lowest BCUT2D eigenvalue weighted by molar-refractivity contribution is -0.123. The van der Waals surface area contributed by atoms with Gasteiger partial charge in [-0.15, -0.1) is 0 Å². The minimum absolute atomic E-state index is 0.0359. The van der Waals surface area contributed by atoms with Gasteiger partial charge in [-0.3, -0.25) is 14.7 Å². The highest BCUT2D eigenvalue weighted by atomic mass is 16.1. The maximum Gasteiger partial charge on any atom is 0.146 e. The van der Waals surface area contributed by atoms with E-state index in [1.54, 1.807) is 6.92 Å². The van der Waals surface area contributed by atoms with Gasteiger partial charge in [0.15, 0.2) is 0 Å². The maximum absolute atomic E-state index is 11.9. The molecule has 138 valence electrons. The van der Waals surface area contributed by atoms with Gasteiger partial charge in [-0.1, -0.05) is 45.9 Å². The van der Waals surface area contributed by atoms with Crippen LogP contribution < -0.4 is 0 Å². The number of likely N-dealkylation sites (N-methyl/N-ethyl adjacent to an activating group) is 1. The Morgan fingerprint density at radius 1 is 1.04 bits per heavy atom. The molecule has 0 radical (unpaired) electrons. The third-order valence-corrected chi connectivity index (χ3v) is 5.52. The van der Waals surface area contributed by atoms with Gasteiger partial charge in [0.2, 0.25) is 0 Å². The van der Waals surface area contributed by atoms with Gasteiger partial charge in [0.1, 0.15) is 5.78 Å². The average Bonchev–Trinajstić information content (AvgIpc) is 2.54. The summed E-state index contributed by atoms with van der Waals surface area (Å²) in [6.07, 6.45) is 3.14. The summed E-state index contributed by atoms with van der Waals surface area (Å²) in [6, 6.07) is 6.84. The largest absolute Gasteiger partial charge is 0.298 e. The standard InChI is InChI=1S/C22H34N2O/c1-14(2)18-10-8-11-19(15(3)4)22(18)23-16(5)20-12-9-13-21(17(6)25)24(20)7/h8,10-11,14-15,20-21H,9,12-13H2,1-7H3. The van der Waals surface area contributed by atoms with Gasteiger partial charge in [0.05, 0.1) is 11.7 Å². The number of hydrogen-bond donors (Lipinski definition) is 0. The lowest BCUT2D eigenvalue weighted by atomic mass is 9.90. The van der Waals surface area contributed by atoms with Crippen LogP contribution in [0.15, 0.2) is 23.2 Å². The molecule has 3 heteroatoms. The van der Waals surface area contributed by atoms with Crippen LogP contribution in [0, 0.1) is 0 Å². The summed E-state index contributed by atoms with van der Waals surface area (Å²) >= 11 is 0. The fourth-order valence-electron chi connectivity index (χ4n) is 4.01. The van der Waals surface area contributed by atoms with Gasteiger partial charge in [0, 0.05) is 11.8 Å². The fraction of sp³-hybridized carbons (Fsp3) is 0.636. The molecule has 0 aromatic heterocycles. The summed E-state index contributed by atoms with van der Waals surface area (Å²) in [5.41, 5.74) is 4.89. The molecule has 25 heavy (non-hydrogen) atoms. The number of carbonyl (C=O) groups excluding carboxylic acids is 1. The highest BCUT2D eigenvalue weighted by Crippen LogP contribution is 2.35. The van der Waals surface area contributed by atoms with Crippen molar-refractivity contribution >= 4 is 17.2 Å². The van der Waals surface area contributed by atoms with E-state index in [1.165, 1.54) is 11.1 Å². The zero-order valence-electron chi connectivity index (χ0n) is 17.0. The molecule has 1 aliphatic rings. The molecule has 3 nitrogen and oxygen atoms in total. The molecule has 2 unspecified atom stereocenters. The van der Waals surface area contributed by atoms with Crippen molar-refractivity contribution in [1.29, 1.82) is 0 Å². The predicted octanol–water partition coefficient (Wildman–Crippen LogP) is 5.47. The molecule has 1 saturated heterocycles. The van der Waals surface area contributed by atoms with E-state index in [0.29, 0.717) is 11.8 Å². The topological polar surface area (TPSA) is 32.7 Å². The number of likely N-dealkylation sites (tertiary alicyclic amines) is 1. The highest BCUT2D eigenvalue weighted by molar-refractivity contribution is 5.91. The van der Waals surface area contributed by atoms with Crippen molar-refractivity contribution in [3.05, 3.63) is 29.3 Å². The van der Waals surface area contributed by atoms with Crippen LogP contribution in [0.25, 0.3) is 0 Å². The Balaban J connectivity index is 2.43. The number of rotatable bonds is 5. The molecule has 1 heterocycles. The zero-order chi connectivity index (χ0) is 18.7. The molecular weight excluding hydrogens is 308 g/mol. The Morgan fingerprint density at radius 3 is 2.04 bits per heavy atom. The van der Waals surface area contributed by atoms with Crippen LogP contribution in [0.1, 0.15) is 83.8 Å². The van der Waals surface area contributed by atoms with E-state index in [1.807, 2.05) is 0 Å². The molecule has 0 aliphatic carbocycles. The lowest BCUT2D eigenvalue weighted by Crippen LogP contribution is -2.50. The van der Waals surface area contributed by atoms with Crippen LogP contribution in [0.3, 0.4) is 0 Å². The summed E-state index contributed by atoms with van der Waals surface area (Å²) in [7, 11) is 2.08. The van der Waals surface area contributed by atoms with Gasteiger partial charge in [0.25, 0.3) is 0 Å². The molecule has 1 fully saturated rings. The maximum atomic E-state index is 11.9. The van der Waals surface area contributed by atoms with Crippen molar-refractivity contribution < 1.29 is 4.79 Å². The number of carbonyl (C=O) groups is 1. The molecule has 0 saturated carbocycles. The number of nitrogens with zero attached hydrogens (tertiary/aromatic N) is 2. The fourth-order valence-corrected chi connectivity index (χ4v) is 4.01. The molecule has 2 rings (SSSR count). The first-order chi connectivity index (χ1) is 11.7. The summed E-state index contributed by atoms with van der Waals surface area (Å²) in [5, 5.41) is 0. The third-order valence-electron chi connectivity index (χ3n) is 5.52. The summed E-state index contributed by atoms with van der Waals surface area (Å²) in [4.78, 5) is 19.3. The van der Waals surface area contributed by atoms with Gasteiger partial charge >= 0.3 is 0 Å². The number of hydrogen-bond acceptors (Lipinski definition) is 3. The third kappa shape index (κ3) is 4.38. The molecule has 0 spiro atoms.